The van der Waals surface area contributed by atoms with E-state index in [4.69, 9.17) is 23.2 Å². The van der Waals surface area contributed by atoms with Gasteiger partial charge in [0.05, 0.1) is 10.7 Å². The summed E-state index contributed by atoms with van der Waals surface area (Å²) >= 11 is 11.9. The molecule has 4 nitrogen and oxygen atoms in total. The van der Waals surface area contributed by atoms with Crippen LogP contribution >= 0.6 is 23.2 Å². The predicted molar refractivity (Wildman–Crippen MR) is 87.4 cm³/mol. The summed E-state index contributed by atoms with van der Waals surface area (Å²) in [5.74, 6) is 0.424. The molecule has 2 N–H and O–H groups in total. The number of halogens is 2. The van der Waals surface area contributed by atoms with E-state index in [1.807, 2.05) is 0 Å². The van der Waals surface area contributed by atoms with Crippen LogP contribution in [-0.4, -0.2) is 17.4 Å². The molecule has 2 aromatic rings. The minimum Gasteiger partial charge on any atom is -0.370 e. The van der Waals surface area contributed by atoms with E-state index in [1.54, 1.807) is 36.5 Å². The number of anilines is 2. The number of carbonyl (C=O) groups excluding carboxylic acids is 1. The topological polar surface area (TPSA) is 54.0 Å². The molecule has 1 aromatic carbocycles. The van der Waals surface area contributed by atoms with Crippen LogP contribution in [-0.2, 0) is 0 Å². The molecule has 0 unspecified atom stereocenters. The maximum atomic E-state index is 12.2. The molecule has 0 aliphatic carbocycles. The van der Waals surface area contributed by atoms with Crippen molar-refractivity contribution < 1.29 is 4.79 Å². The second-order valence-electron chi connectivity index (χ2n) is 4.43. The summed E-state index contributed by atoms with van der Waals surface area (Å²) in [6.45, 7) is 2.87. The fourth-order valence-electron chi connectivity index (χ4n) is 1.71. The van der Waals surface area contributed by atoms with E-state index in [-0.39, 0.29) is 5.91 Å². The predicted octanol–water partition coefficient (Wildman–Crippen LogP) is 4.46. The molecule has 0 aliphatic rings. The second kappa shape index (κ2) is 7.29. The maximum Gasteiger partial charge on any atom is 0.255 e. The van der Waals surface area contributed by atoms with Gasteiger partial charge in [-0.3, -0.25) is 4.79 Å². The smallest absolute Gasteiger partial charge is 0.255 e. The zero-order valence-electron chi connectivity index (χ0n) is 11.5. The first-order chi connectivity index (χ1) is 10.1. The standard InChI is InChI=1S/C15H15Cl2N3O/c1-2-6-18-14-8-10(5-7-19-14)15(21)20-13-4-3-11(16)9-12(13)17/h3-5,7-9H,2,6H2,1H3,(H,18,19)(H,20,21). The van der Waals surface area contributed by atoms with E-state index in [0.717, 1.165) is 13.0 Å². The molecule has 0 fully saturated rings. The summed E-state index contributed by atoms with van der Waals surface area (Å²) < 4.78 is 0. The summed E-state index contributed by atoms with van der Waals surface area (Å²) in [7, 11) is 0. The monoisotopic (exact) mass is 323 g/mol. The van der Waals surface area contributed by atoms with Crippen molar-refractivity contribution in [2.45, 2.75) is 13.3 Å². The first-order valence-corrected chi connectivity index (χ1v) is 7.32. The lowest BCUT2D eigenvalue weighted by Gasteiger charge is -2.09. The second-order valence-corrected chi connectivity index (χ2v) is 5.28. The van der Waals surface area contributed by atoms with Crippen LogP contribution in [0.5, 0.6) is 0 Å². The molecule has 6 heteroatoms. The number of hydrogen-bond donors (Lipinski definition) is 2. The minimum atomic E-state index is -0.249. The molecular weight excluding hydrogens is 309 g/mol. The van der Waals surface area contributed by atoms with Crippen molar-refractivity contribution in [3.05, 3.63) is 52.1 Å². The molecule has 0 aliphatic heterocycles. The van der Waals surface area contributed by atoms with Crippen LogP contribution in [0.25, 0.3) is 0 Å². The third kappa shape index (κ3) is 4.34. The molecule has 0 atom stereocenters. The normalized spacial score (nSPS) is 10.2. The van der Waals surface area contributed by atoms with Gasteiger partial charge in [-0.15, -0.1) is 0 Å². The number of benzene rings is 1. The Morgan fingerprint density at radius 1 is 1.24 bits per heavy atom. The Hall–Kier alpha value is -1.78. The molecular formula is C15H15Cl2N3O. The minimum absolute atomic E-state index is 0.249. The number of hydrogen-bond acceptors (Lipinski definition) is 3. The van der Waals surface area contributed by atoms with Gasteiger partial charge in [0.15, 0.2) is 0 Å². The highest BCUT2D eigenvalue weighted by Gasteiger charge is 2.09. The van der Waals surface area contributed by atoms with Crippen LogP contribution in [0, 0.1) is 0 Å². The lowest BCUT2D eigenvalue weighted by atomic mass is 10.2. The fraction of sp³-hybridized carbons (Fsp3) is 0.200. The van der Waals surface area contributed by atoms with Gasteiger partial charge >= 0.3 is 0 Å². The molecule has 1 aromatic heterocycles. The summed E-state index contributed by atoms with van der Waals surface area (Å²) in [4.78, 5) is 16.4. The van der Waals surface area contributed by atoms with Crippen LogP contribution in [0.3, 0.4) is 0 Å². The molecule has 0 radical (unpaired) electrons. The zero-order chi connectivity index (χ0) is 15.2. The summed E-state index contributed by atoms with van der Waals surface area (Å²) in [6.07, 6.45) is 2.58. The Balaban J connectivity index is 2.12. The molecule has 0 saturated heterocycles. The van der Waals surface area contributed by atoms with Gasteiger partial charge in [-0.05, 0) is 36.8 Å². The van der Waals surface area contributed by atoms with Crippen LogP contribution in [0.4, 0.5) is 11.5 Å². The summed E-state index contributed by atoms with van der Waals surface area (Å²) in [5, 5.41) is 6.81. The van der Waals surface area contributed by atoms with Crippen molar-refractivity contribution in [2.75, 3.05) is 17.2 Å². The van der Waals surface area contributed by atoms with Crippen molar-refractivity contribution in [3.63, 3.8) is 0 Å². The van der Waals surface area contributed by atoms with Gasteiger partial charge in [-0.25, -0.2) is 4.98 Å². The van der Waals surface area contributed by atoms with E-state index >= 15 is 0 Å². The average molecular weight is 324 g/mol. The van der Waals surface area contributed by atoms with Gasteiger partial charge in [0.25, 0.3) is 5.91 Å². The average Bonchev–Trinajstić information content (AvgIpc) is 2.48. The Kier molecular flexibility index (Phi) is 5.42. The lowest BCUT2D eigenvalue weighted by molar-refractivity contribution is 0.102. The summed E-state index contributed by atoms with van der Waals surface area (Å²) in [6, 6.07) is 8.27. The van der Waals surface area contributed by atoms with Gasteiger partial charge in [0.2, 0.25) is 0 Å². The van der Waals surface area contributed by atoms with Crippen molar-refractivity contribution in [2.24, 2.45) is 0 Å². The van der Waals surface area contributed by atoms with Crippen LogP contribution in [0.1, 0.15) is 23.7 Å². The highest BCUT2D eigenvalue weighted by molar-refractivity contribution is 6.36. The molecule has 110 valence electrons. The molecule has 0 spiro atoms. The largest absolute Gasteiger partial charge is 0.370 e. The zero-order valence-corrected chi connectivity index (χ0v) is 13.0. The van der Waals surface area contributed by atoms with Gasteiger partial charge < -0.3 is 10.6 Å². The number of carbonyl (C=O) groups is 1. The molecule has 1 heterocycles. The number of rotatable bonds is 5. The first kappa shape index (κ1) is 15.6. The number of aromatic nitrogens is 1. The Labute approximate surface area is 133 Å². The van der Waals surface area contributed by atoms with Crippen LogP contribution in [0.15, 0.2) is 36.5 Å². The van der Waals surface area contributed by atoms with Crippen molar-refractivity contribution in [1.29, 1.82) is 0 Å². The van der Waals surface area contributed by atoms with E-state index in [2.05, 4.69) is 22.5 Å². The third-order valence-electron chi connectivity index (χ3n) is 2.76. The molecule has 21 heavy (non-hydrogen) atoms. The Morgan fingerprint density at radius 3 is 2.76 bits per heavy atom. The van der Waals surface area contributed by atoms with Crippen molar-refractivity contribution >= 4 is 40.6 Å². The van der Waals surface area contributed by atoms with Gasteiger partial charge in [-0.2, -0.15) is 0 Å². The quantitative estimate of drug-likeness (QED) is 0.853. The van der Waals surface area contributed by atoms with Gasteiger partial charge in [-0.1, -0.05) is 30.1 Å². The third-order valence-corrected chi connectivity index (χ3v) is 3.31. The molecule has 0 saturated carbocycles. The SMILES string of the molecule is CCCNc1cc(C(=O)Nc2ccc(Cl)cc2Cl)ccn1. The highest BCUT2D eigenvalue weighted by atomic mass is 35.5. The van der Waals surface area contributed by atoms with Crippen LogP contribution in [0.2, 0.25) is 10.0 Å². The number of amides is 1. The molecule has 1 amide bonds. The fourth-order valence-corrected chi connectivity index (χ4v) is 2.16. The first-order valence-electron chi connectivity index (χ1n) is 6.56. The van der Waals surface area contributed by atoms with Gasteiger partial charge in [0.1, 0.15) is 5.82 Å². The Bertz CT molecular complexity index is 647. The van der Waals surface area contributed by atoms with E-state index in [0.29, 0.717) is 27.1 Å². The number of pyridine rings is 1. The number of nitrogens with one attached hydrogen (secondary N) is 2. The van der Waals surface area contributed by atoms with Crippen LogP contribution < -0.4 is 10.6 Å². The maximum absolute atomic E-state index is 12.2. The van der Waals surface area contributed by atoms with E-state index in [9.17, 15) is 4.79 Å². The molecule has 0 bridgehead atoms. The number of nitrogens with zero attached hydrogens (tertiary/aromatic N) is 1. The summed E-state index contributed by atoms with van der Waals surface area (Å²) in [5.41, 5.74) is 1.03. The van der Waals surface area contributed by atoms with Crippen molar-refractivity contribution in [1.82, 2.24) is 4.98 Å². The Morgan fingerprint density at radius 2 is 2.05 bits per heavy atom. The highest BCUT2D eigenvalue weighted by Crippen LogP contribution is 2.25. The van der Waals surface area contributed by atoms with Crippen molar-refractivity contribution in [3.8, 4) is 0 Å². The lowest BCUT2D eigenvalue weighted by Crippen LogP contribution is -2.13. The van der Waals surface area contributed by atoms with E-state index < -0.39 is 0 Å². The van der Waals surface area contributed by atoms with Gasteiger partial charge in [0, 0.05) is 23.3 Å². The van der Waals surface area contributed by atoms with E-state index in [1.165, 1.54) is 0 Å². The molecule has 2 rings (SSSR count).